The molecular weight excluding hydrogens is 318 g/mol. The van der Waals surface area contributed by atoms with Crippen LogP contribution in [-0.2, 0) is 0 Å². The van der Waals surface area contributed by atoms with Gasteiger partial charge in [-0.1, -0.05) is 5.92 Å². The molecular formula is C16H12F2N4O2. The summed E-state index contributed by atoms with van der Waals surface area (Å²) >= 11 is 0. The van der Waals surface area contributed by atoms with Gasteiger partial charge < -0.3 is 19.6 Å². The molecule has 2 aromatic heterocycles. The summed E-state index contributed by atoms with van der Waals surface area (Å²) in [6.07, 6.45) is 4.63. The molecule has 2 heterocycles. The Kier molecular flexibility index (Phi) is 3.92. The number of aromatic nitrogens is 3. The fourth-order valence-corrected chi connectivity index (χ4v) is 2.18. The van der Waals surface area contributed by atoms with Gasteiger partial charge >= 0.3 is 0 Å². The number of hydrogen-bond acceptors (Lipinski definition) is 5. The first-order valence-electron chi connectivity index (χ1n) is 6.76. The summed E-state index contributed by atoms with van der Waals surface area (Å²) < 4.78 is 39.9. The van der Waals surface area contributed by atoms with E-state index in [1.165, 1.54) is 26.7 Å². The standard InChI is InChI=1S/C16H12F2N4O2/c1-23-11-7-12(24-2)14(18)9(13(11)17)3-4-10-15-16(19)20-5-6-22(15)8-21-10/h5-8H,1-2H3,(H2,19,20). The third-order valence-electron chi connectivity index (χ3n) is 3.36. The maximum absolute atomic E-state index is 14.3. The van der Waals surface area contributed by atoms with E-state index in [9.17, 15) is 8.78 Å². The quantitative estimate of drug-likeness (QED) is 0.728. The smallest absolute Gasteiger partial charge is 0.183 e. The number of imidazole rings is 1. The third kappa shape index (κ3) is 2.46. The summed E-state index contributed by atoms with van der Waals surface area (Å²) in [4.78, 5) is 8.02. The van der Waals surface area contributed by atoms with E-state index in [1.54, 1.807) is 10.6 Å². The zero-order valence-electron chi connectivity index (χ0n) is 12.8. The number of fused-ring (bicyclic) bond motifs is 1. The minimum atomic E-state index is -0.919. The number of benzene rings is 1. The summed E-state index contributed by atoms with van der Waals surface area (Å²) in [6.45, 7) is 0. The number of methoxy groups -OCH3 is 2. The Labute approximate surface area is 135 Å². The predicted molar refractivity (Wildman–Crippen MR) is 82.8 cm³/mol. The lowest BCUT2D eigenvalue weighted by molar-refractivity contribution is 0.357. The monoisotopic (exact) mass is 330 g/mol. The van der Waals surface area contributed by atoms with Crippen LogP contribution in [0.25, 0.3) is 5.52 Å². The van der Waals surface area contributed by atoms with Gasteiger partial charge in [-0.05, 0) is 5.92 Å². The lowest BCUT2D eigenvalue weighted by Crippen LogP contribution is -1.99. The summed E-state index contributed by atoms with van der Waals surface area (Å²) in [5.41, 5.74) is 6.03. The first-order chi connectivity index (χ1) is 11.6. The van der Waals surface area contributed by atoms with Gasteiger partial charge in [0.2, 0.25) is 0 Å². The van der Waals surface area contributed by atoms with Crippen LogP contribution in [-0.4, -0.2) is 28.6 Å². The fraction of sp³-hybridized carbons (Fsp3) is 0.125. The lowest BCUT2D eigenvalue weighted by atomic mass is 10.1. The van der Waals surface area contributed by atoms with Crippen LogP contribution in [0.2, 0.25) is 0 Å². The minimum absolute atomic E-state index is 0.173. The zero-order chi connectivity index (χ0) is 17.3. The van der Waals surface area contributed by atoms with Crippen molar-refractivity contribution in [2.45, 2.75) is 0 Å². The van der Waals surface area contributed by atoms with Crippen molar-refractivity contribution < 1.29 is 18.3 Å². The Hall–Kier alpha value is -3.34. The van der Waals surface area contributed by atoms with E-state index in [1.807, 2.05) is 0 Å². The van der Waals surface area contributed by atoms with Gasteiger partial charge in [0, 0.05) is 18.5 Å². The van der Waals surface area contributed by atoms with E-state index in [2.05, 4.69) is 21.8 Å². The Morgan fingerprint density at radius 3 is 2.38 bits per heavy atom. The van der Waals surface area contributed by atoms with Crippen LogP contribution < -0.4 is 15.2 Å². The normalized spacial score (nSPS) is 10.3. The molecule has 3 rings (SSSR count). The first-order valence-corrected chi connectivity index (χ1v) is 6.76. The van der Waals surface area contributed by atoms with Crippen LogP contribution in [0.15, 0.2) is 24.8 Å². The van der Waals surface area contributed by atoms with Crippen LogP contribution in [0.4, 0.5) is 14.6 Å². The Morgan fingerprint density at radius 2 is 1.75 bits per heavy atom. The Bertz CT molecular complexity index is 961. The van der Waals surface area contributed by atoms with Gasteiger partial charge in [-0.3, -0.25) is 0 Å². The molecule has 3 aromatic rings. The second-order valence-corrected chi connectivity index (χ2v) is 4.70. The van der Waals surface area contributed by atoms with E-state index in [-0.39, 0.29) is 23.0 Å². The maximum Gasteiger partial charge on any atom is 0.183 e. The molecule has 0 spiro atoms. The molecule has 0 aliphatic rings. The van der Waals surface area contributed by atoms with Crippen molar-refractivity contribution in [1.82, 2.24) is 14.4 Å². The molecule has 8 heteroatoms. The molecule has 0 aliphatic carbocycles. The van der Waals surface area contributed by atoms with Crippen molar-refractivity contribution in [3.05, 3.63) is 47.7 Å². The number of rotatable bonds is 2. The second kappa shape index (κ2) is 6.04. The van der Waals surface area contributed by atoms with Gasteiger partial charge in [0.1, 0.15) is 23.1 Å². The van der Waals surface area contributed by atoms with Gasteiger partial charge in [0.15, 0.2) is 29.0 Å². The first kappa shape index (κ1) is 15.6. The van der Waals surface area contributed by atoms with E-state index >= 15 is 0 Å². The minimum Gasteiger partial charge on any atom is -0.493 e. The molecule has 2 N–H and O–H groups in total. The van der Waals surface area contributed by atoms with Crippen LogP contribution in [0.1, 0.15) is 11.3 Å². The second-order valence-electron chi connectivity index (χ2n) is 4.70. The molecule has 0 bridgehead atoms. The fourth-order valence-electron chi connectivity index (χ4n) is 2.18. The van der Waals surface area contributed by atoms with Gasteiger partial charge in [0.05, 0.1) is 14.2 Å². The van der Waals surface area contributed by atoms with Crippen molar-refractivity contribution in [2.75, 3.05) is 20.0 Å². The molecule has 0 amide bonds. The molecule has 0 atom stereocenters. The lowest BCUT2D eigenvalue weighted by Gasteiger charge is -2.08. The van der Waals surface area contributed by atoms with E-state index in [0.29, 0.717) is 5.52 Å². The maximum atomic E-state index is 14.3. The Morgan fingerprint density at radius 1 is 1.08 bits per heavy atom. The molecule has 24 heavy (non-hydrogen) atoms. The molecule has 0 saturated carbocycles. The highest BCUT2D eigenvalue weighted by Crippen LogP contribution is 2.30. The molecule has 0 aliphatic heterocycles. The number of halogens is 2. The predicted octanol–water partition coefficient (Wildman–Crippen LogP) is 2.01. The summed E-state index contributed by atoms with van der Waals surface area (Å²) in [5.74, 6) is 3.08. The van der Waals surface area contributed by atoms with Gasteiger partial charge in [0.25, 0.3) is 0 Å². The molecule has 122 valence electrons. The van der Waals surface area contributed by atoms with E-state index in [0.717, 1.165) is 6.07 Å². The van der Waals surface area contributed by atoms with Crippen LogP contribution in [0, 0.1) is 23.5 Å². The summed E-state index contributed by atoms with van der Waals surface area (Å²) in [7, 11) is 2.53. The largest absolute Gasteiger partial charge is 0.493 e. The number of ether oxygens (including phenoxy) is 2. The molecule has 0 fully saturated rings. The molecule has 0 radical (unpaired) electrons. The SMILES string of the molecule is COc1cc(OC)c(F)c(C#Cc2ncn3ccnc(N)c23)c1F. The number of hydrogen-bond donors (Lipinski definition) is 1. The van der Waals surface area contributed by atoms with E-state index < -0.39 is 17.2 Å². The topological polar surface area (TPSA) is 74.7 Å². The molecule has 0 saturated heterocycles. The molecule has 1 aromatic carbocycles. The average molecular weight is 330 g/mol. The van der Waals surface area contributed by atoms with Gasteiger partial charge in [-0.25, -0.2) is 18.7 Å². The van der Waals surface area contributed by atoms with Crippen molar-refractivity contribution in [2.24, 2.45) is 0 Å². The van der Waals surface area contributed by atoms with E-state index in [4.69, 9.17) is 15.2 Å². The summed E-state index contributed by atoms with van der Waals surface area (Å²) in [5, 5.41) is 0. The van der Waals surface area contributed by atoms with Gasteiger partial charge in [-0.2, -0.15) is 0 Å². The van der Waals surface area contributed by atoms with Gasteiger partial charge in [-0.15, -0.1) is 0 Å². The highest BCUT2D eigenvalue weighted by atomic mass is 19.1. The molecule has 6 nitrogen and oxygen atoms in total. The highest BCUT2D eigenvalue weighted by molar-refractivity contribution is 5.72. The number of nitrogens with two attached hydrogens (primary N) is 1. The molecule has 0 unspecified atom stereocenters. The zero-order valence-corrected chi connectivity index (χ0v) is 12.8. The van der Waals surface area contributed by atoms with Crippen LogP contribution in [0.3, 0.4) is 0 Å². The average Bonchev–Trinajstić information content (AvgIpc) is 3.00. The summed E-state index contributed by atoms with van der Waals surface area (Å²) in [6, 6.07) is 1.11. The number of nitrogen functional groups attached to an aromatic ring is 1. The van der Waals surface area contributed by atoms with Crippen molar-refractivity contribution in [3.63, 3.8) is 0 Å². The highest BCUT2D eigenvalue weighted by Gasteiger charge is 2.18. The van der Waals surface area contributed by atoms with Crippen LogP contribution in [0.5, 0.6) is 11.5 Å². The van der Waals surface area contributed by atoms with Crippen molar-refractivity contribution in [3.8, 4) is 23.3 Å². The number of anilines is 1. The number of nitrogens with zero attached hydrogens (tertiary/aromatic N) is 3. The third-order valence-corrected chi connectivity index (χ3v) is 3.36. The van der Waals surface area contributed by atoms with Crippen molar-refractivity contribution in [1.29, 1.82) is 0 Å². The van der Waals surface area contributed by atoms with Crippen molar-refractivity contribution >= 4 is 11.3 Å². The van der Waals surface area contributed by atoms with Crippen LogP contribution >= 0.6 is 0 Å². The Balaban J connectivity index is 2.17.